The van der Waals surface area contributed by atoms with E-state index in [0.717, 1.165) is 43.1 Å². The Morgan fingerprint density at radius 2 is 2.21 bits per heavy atom. The van der Waals surface area contributed by atoms with Gasteiger partial charge in [-0.15, -0.1) is 0 Å². The van der Waals surface area contributed by atoms with Gasteiger partial charge in [0, 0.05) is 6.54 Å². The van der Waals surface area contributed by atoms with Gasteiger partial charge in [-0.2, -0.15) is 0 Å². The largest absolute Gasteiger partial charge is 0.469 e. The van der Waals surface area contributed by atoms with E-state index in [4.69, 9.17) is 15.2 Å². The first-order valence-electron chi connectivity index (χ1n) is 8.78. The lowest BCUT2D eigenvalue weighted by molar-refractivity contribution is -0.141. The maximum Gasteiger partial charge on any atom is 0.306 e. The molecule has 1 aromatic rings. The van der Waals surface area contributed by atoms with Crippen LogP contribution in [0.2, 0.25) is 0 Å². The lowest BCUT2D eigenvalue weighted by atomic mass is 9.92. The van der Waals surface area contributed by atoms with Crippen LogP contribution in [0.1, 0.15) is 45.1 Å². The van der Waals surface area contributed by atoms with E-state index in [0.29, 0.717) is 18.4 Å². The second-order valence-electron chi connectivity index (χ2n) is 6.78. The zero-order chi connectivity index (χ0) is 17.7. The fourth-order valence-corrected chi connectivity index (χ4v) is 3.35. The number of carbonyl (C=O) groups excluding carboxylic acids is 1. The minimum Gasteiger partial charge on any atom is -0.469 e. The van der Waals surface area contributed by atoms with Gasteiger partial charge in [0.2, 0.25) is 0 Å². The molecule has 0 saturated carbocycles. The molecule has 2 atom stereocenters. The van der Waals surface area contributed by atoms with Gasteiger partial charge in [-0.25, -0.2) is 0 Å². The normalized spacial score (nSPS) is 19.4. The number of nitrogens with two attached hydrogens (primary N) is 1. The van der Waals surface area contributed by atoms with E-state index in [1.165, 1.54) is 7.11 Å². The number of benzene rings is 1. The third-order valence-corrected chi connectivity index (χ3v) is 4.90. The lowest BCUT2D eigenvalue weighted by Gasteiger charge is -2.40. The van der Waals surface area contributed by atoms with Crippen molar-refractivity contribution in [2.24, 2.45) is 5.92 Å². The SMILES string of the molecule is CC[C@H](CC(=O)OC)c1ccc(N2CCOC[C@@H]2C(C)C)c(N)c1. The summed E-state index contributed by atoms with van der Waals surface area (Å²) in [4.78, 5) is 14.0. The fourth-order valence-electron chi connectivity index (χ4n) is 3.35. The third kappa shape index (κ3) is 4.20. The Balaban J connectivity index is 2.23. The van der Waals surface area contributed by atoms with E-state index < -0.39 is 0 Å². The Kier molecular flexibility index (Phi) is 6.49. The molecule has 2 N–H and O–H groups in total. The van der Waals surface area contributed by atoms with Crippen LogP contribution in [0.4, 0.5) is 11.4 Å². The van der Waals surface area contributed by atoms with Gasteiger partial charge < -0.3 is 20.1 Å². The quantitative estimate of drug-likeness (QED) is 0.639. The van der Waals surface area contributed by atoms with Crippen molar-refractivity contribution in [2.45, 2.75) is 45.6 Å². The first-order valence-corrected chi connectivity index (χ1v) is 8.78. The third-order valence-electron chi connectivity index (χ3n) is 4.90. The number of rotatable bonds is 6. The number of nitrogen functional groups attached to an aromatic ring is 1. The molecule has 2 rings (SSSR count). The van der Waals surface area contributed by atoms with Crippen molar-refractivity contribution in [2.75, 3.05) is 37.5 Å². The molecule has 0 bridgehead atoms. The topological polar surface area (TPSA) is 64.8 Å². The van der Waals surface area contributed by atoms with Crippen molar-refractivity contribution in [1.29, 1.82) is 0 Å². The number of carbonyl (C=O) groups is 1. The Labute approximate surface area is 145 Å². The summed E-state index contributed by atoms with van der Waals surface area (Å²) in [5.41, 5.74) is 9.30. The van der Waals surface area contributed by atoms with Gasteiger partial charge in [0.15, 0.2) is 0 Å². The number of anilines is 2. The Morgan fingerprint density at radius 1 is 1.46 bits per heavy atom. The highest BCUT2D eigenvalue weighted by molar-refractivity contribution is 5.72. The summed E-state index contributed by atoms with van der Waals surface area (Å²) in [7, 11) is 1.43. The van der Waals surface area contributed by atoms with Gasteiger partial charge in [0.25, 0.3) is 0 Å². The summed E-state index contributed by atoms with van der Waals surface area (Å²) in [6.45, 7) is 8.81. The van der Waals surface area contributed by atoms with Gasteiger partial charge in [0.05, 0.1) is 44.2 Å². The highest BCUT2D eigenvalue weighted by Crippen LogP contribution is 2.33. The van der Waals surface area contributed by atoms with Crippen LogP contribution in [0.25, 0.3) is 0 Å². The standard InChI is InChI=1S/C19H30N2O3/c1-5-14(11-19(22)23-4)15-6-7-17(16(20)10-15)21-8-9-24-12-18(21)13(2)3/h6-7,10,13-14,18H,5,8-9,11-12,20H2,1-4H3/t14-,18-/m1/s1. The summed E-state index contributed by atoms with van der Waals surface area (Å²) in [5.74, 6) is 0.448. The van der Waals surface area contributed by atoms with E-state index in [9.17, 15) is 4.79 Å². The molecule has 1 saturated heterocycles. The van der Waals surface area contributed by atoms with Crippen LogP contribution in [-0.2, 0) is 14.3 Å². The number of methoxy groups -OCH3 is 1. The zero-order valence-corrected chi connectivity index (χ0v) is 15.2. The molecule has 0 spiro atoms. The molecule has 0 amide bonds. The fraction of sp³-hybridized carbons (Fsp3) is 0.632. The molecule has 0 aromatic heterocycles. The van der Waals surface area contributed by atoms with Crippen LogP contribution < -0.4 is 10.6 Å². The molecule has 1 aliphatic rings. The second kappa shape index (κ2) is 8.38. The van der Waals surface area contributed by atoms with Crippen LogP contribution in [0.15, 0.2) is 18.2 Å². The van der Waals surface area contributed by atoms with Crippen molar-refractivity contribution >= 4 is 17.3 Å². The van der Waals surface area contributed by atoms with E-state index in [1.54, 1.807) is 0 Å². The van der Waals surface area contributed by atoms with E-state index >= 15 is 0 Å². The summed E-state index contributed by atoms with van der Waals surface area (Å²) in [6, 6.07) is 6.53. The van der Waals surface area contributed by atoms with Gasteiger partial charge in [-0.1, -0.05) is 26.8 Å². The Morgan fingerprint density at radius 3 is 2.79 bits per heavy atom. The first kappa shape index (κ1) is 18.6. The van der Waals surface area contributed by atoms with Crippen molar-refractivity contribution in [3.63, 3.8) is 0 Å². The number of hydrogen-bond donors (Lipinski definition) is 1. The zero-order valence-electron chi connectivity index (χ0n) is 15.2. The summed E-state index contributed by atoms with van der Waals surface area (Å²) >= 11 is 0. The molecule has 0 unspecified atom stereocenters. The molecule has 1 fully saturated rings. The molecular weight excluding hydrogens is 304 g/mol. The van der Waals surface area contributed by atoms with Gasteiger partial charge in [-0.05, 0) is 36.0 Å². The van der Waals surface area contributed by atoms with Crippen molar-refractivity contribution in [3.8, 4) is 0 Å². The molecule has 1 aliphatic heterocycles. The van der Waals surface area contributed by atoms with Crippen LogP contribution in [0.3, 0.4) is 0 Å². The predicted molar refractivity (Wildman–Crippen MR) is 97.3 cm³/mol. The van der Waals surface area contributed by atoms with E-state index in [-0.39, 0.29) is 11.9 Å². The van der Waals surface area contributed by atoms with E-state index in [2.05, 4.69) is 37.8 Å². The molecule has 134 valence electrons. The first-order chi connectivity index (χ1) is 11.5. The smallest absolute Gasteiger partial charge is 0.306 e. The van der Waals surface area contributed by atoms with Gasteiger partial charge in [-0.3, -0.25) is 4.79 Å². The van der Waals surface area contributed by atoms with Crippen molar-refractivity contribution in [1.82, 2.24) is 0 Å². The van der Waals surface area contributed by atoms with Crippen molar-refractivity contribution in [3.05, 3.63) is 23.8 Å². The molecule has 5 nitrogen and oxygen atoms in total. The predicted octanol–water partition coefficient (Wildman–Crippen LogP) is 3.19. The molecule has 1 heterocycles. The number of esters is 1. The Bertz CT molecular complexity index is 560. The number of nitrogens with zero attached hydrogens (tertiary/aromatic N) is 1. The monoisotopic (exact) mass is 334 g/mol. The maximum absolute atomic E-state index is 11.6. The van der Waals surface area contributed by atoms with Gasteiger partial charge in [0.1, 0.15) is 0 Å². The van der Waals surface area contributed by atoms with Crippen LogP contribution >= 0.6 is 0 Å². The van der Waals surface area contributed by atoms with Gasteiger partial charge >= 0.3 is 5.97 Å². The highest BCUT2D eigenvalue weighted by atomic mass is 16.5. The molecule has 24 heavy (non-hydrogen) atoms. The van der Waals surface area contributed by atoms with E-state index in [1.807, 2.05) is 6.07 Å². The summed E-state index contributed by atoms with van der Waals surface area (Å²) in [5, 5.41) is 0. The Hall–Kier alpha value is -1.75. The maximum atomic E-state index is 11.6. The molecule has 0 aliphatic carbocycles. The second-order valence-corrected chi connectivity index (χ2v) is 6.78. The molecule has 5 heteroatoms. The van der Waals surface area contributed by atoms with Crippen molar-refractivity contribution < 1.29 is 14.3 Å². The van der Waals surface area contributed by atoms with Crippen LogP contribution in [-0.4, -0.2) is 38.9 Å². The molecular formula is C19H30N2O3. The lowest BCUT2D eigenvalue weighted by Crippen LogP contribution is -2.48. The summed E-state index contributed by atoms with van der Waals surface area (Å²) < 4.78 is 10.4. The highest BCUT2D eigenvalue weighted by Gasteiger charge is 2.27. The number of hydrogen-bond acceptors (Lipinski definition) is 5. The molecule has 1 aromatic carbocycles. The van der Waals surface area contributed by atoms with Crippen LogP contribution in [0.5, 0.6) is 0 Å². The average Bonchev–Trinajstić information content (AvgIpc) is 2.59. The number of morpholine rings is 1. The minimum atomic E-state index is -0.183. The average molecular weight is 334 g/mol. The van der Waals surface area contributed by atoms with Crippen LogP contribution in [0, 0.1) is 5.92 Å². The number of ether oxygens (including phenoxy) is 2. The minimum absolute atomic E-state index is 0.138. The summed E-state index contributed by atoms with van der Waals surface area (Å²) in [6.07, 6.45) is 1.26. The molecule has 0 radical (unpaired) electrons.